The van der Waals surface area contributed by atoms with E-state index in [2.05, 4.69) is 67.7 Å². The molecule has 0 saturated heterocycles. The van der Waals surface area contributed by atoms with Crippen LogP contribution in [0.3, 0.4) is 0 Å². The van der Waals surface area contributed by atoms with Crippen molar-refractivity contribution < 1.29 is 4.42 Å². The minimum Gasteiger partial charge on any atom is -0.467 e. The number of rotatable bonds is 4. The largest absolute Gasteiger partial charge is 0.467 e. The first-order valence-electron chi connectivity index (χ1n) is 7.42. The second-order valence-electron chi connectivity index (χ2n) is 5.64. The highest BCUT2D eigenvalue weighted by Crippen LogP contribution is 2.36. The monoisotopic (exact) mass is 282 g/mol. The maximum absolute atomic E-state index is 5.71. The van der Waals surface area contributed by atoms with Crippen molar-refractivity contribution in [3.05, 3.63) is 59.7 Å². The Bertz CT molecular complexity index is 738. The summed E-state index contributed by atoms with van der Waals surface area (Å²) >= 11 is 0. The first-order chi connectivity index (χ1) is 10.1. The topological polar surface area (TPSA) is 21.3 Å². The predicted octanol–water partition coefficient (Wildman–Crippen LogP) is 4.21. The second kappa shape index (κ2) is 5.41. The van der Waals surface area contributed by atoms with E-state index >= 15 is 0 Å². The highest BCUT2D eigenvalue weighted by Gasteiger charge is 2.26. The van der Waals surface area contributed by atoms with Crippen LogP contribution in [0.15, 0.2) is 47.1 Å². The first kappa shape index (κ1) is 14.0. The number of hydrogen-bond donors (Lipinski definition) is 0. The smallest absolute Gasteiger partial charge is 0.125 e. The molecule has 0 aliphatic carbocycles. The van der Waals surface area contributed by atoms with Gasteiger partial charge in [-0.1, -0.05) is 18.2 Å². The van der Waals surface area contributed by atoms with Gasteiger partial charge in [0.2, 0.25) is 0 Å². The van der Waals surface area contributed by atoms with Gasteiger partial charge in [-0.2, -0.15) is 0 Å². The van der Waals surface area contributed by atoms with Crippen LogP contribution in [0.1, 0.15) is 30.0 Å². The minimum atomic E-state index is 0.137. The molecule has 21 heavy (non-hydrogen) atoms. The molecule has 3 rings (SSSR count). The SMILES string of the molecule is CCn1c(C)c(C(c2ccco2)N(C)C)c2ccccc21. The molecule has 0 aliphatic heterocycles. The van der Waals surface area contributed by atoms with Crippen molar-refractivity contribution in [3.63, 3.8) is 0 Å². The van der Waals surface area contributed by atoms with E-state index in [1.807, 2.05) is 6.07 Å². The molecule has 0 aliphatic rings. The Labute approximate surface area is 125 Å². The molecule has 110 valence electrons. The summed E-state index contributed by atoms with van der Waals surface area (Å²) in [5, 5.41) is 1.31. The zero-order valence-electron chi connectivity index (χ0n) is 13.1. The average molecular weight is 282 g/mol. The van der Waals surface area contributed by atoms with E-state index in [1.165, 1.54) is 22.2 Å². The molecular formula is C18H22N2O. The number of benzene rings is 1. The molecule has 3 nitrogen and oxygen atoms in total. The maximum atomic E-state index is 5.71. The highest BCUT2D eigenvalue weighted by atomic mass is 16.3. The summed E-state index contributed by atoms with van der Waals surface area (Å²) in [7, 11) is 4.20. The standard InChI is InChI=1S/C18H22N2O/c1-5-20-13(2)17(14-9-6-7-10-15(14)20)18(19(3)4)16-11-8-12-21-16/h6-12,18H,5H2,1-4H3. The maximum Gasteiger partial charge on any atom is 0.125 e. The van der Waals surface area contributed by atoms with E-state index in [9.17, 15) is 0 Å². The predicted molar refractivity (Wildman–Crippen MR) is 86.6 cm³/mol. The van der Waals surface area contributed by atoms with Crippen LogP contribution in [0.5, 0.6) is 0 Å². The summed E-state index contributed by atoms with van der Waals surface area (Å²) in [6.07, 6.45) is 1.75. The van der Waals surface area contributed by atoms with Gasteiger partial charge in [-0.05, 0) is 46.1 Å². The van der Waals surface area contributed by atoms with Crippen molar-refractivity contribution in [1.82, 2.24) is 9.47 Å². The first-order valence-corrected chi connectivity index (χ1v) is 7.42. The summed E-state index contributed by atoms with van der Waals surface area (Å²) in [6, 6.07) is 12.8. The van der Waals surface area contributed by atoms with Crippen LogP contribution in [0, 0.1) is 6.92 Å². The number of para-hydroxylation sites is 1. The molecule has 1 aromatic carbocycles. The number of nitrogens with zero attached hydrogens (tertiary/aromatic N) is 2. The lowest BCUT2D eigenvalue weighted by Crippen LogP contribution is -2.21. The van der Waals surface area contributed by atoms with E-state index in [0.717, 1.165) is 12.3 Å². The van der Waals surface area contributed by atoms with Gasteiger partial charge in [0.1, 0.15) is 5.76 Å². The van der Waals surface area contributed by atoms with Crippen LogP contribution in [-0.4, -0.2) is 23.6 Å². The molecule has 0 spiro atoms. The number of fused-ring (bicyclic) bond motifs is 1. The Morgan fingerprint density at radius 2 is 1.90 bits per heavy atom. The lowest BCUT2D eigenvalue weighted by Gasteiger charge is -2.23. The molecule has 0 saturated carbocycles. The van der Waals surface area contributed by atoms with Gasteiger partial charge in [-0.15, -0.1) is 0 Å². The van der Waals surface area contributed by atoms with Crippen LogP contribution in [-0.2, 0) is 6.54 Å². The Balaban J connectivity index is 2.30. The van der Waals surface area contributed by atoms with Crippen LogP contribution in [0.2, 0.25) is 0 Å². The molecule has 1 atom stereocenters. The van der Waals surface area contributed by atoms with Gasteiger partial charge in [0, 0.05) is 28.7 Å². The third kappa shape index (κ3) is 2.18. The third-order valence-corrected chi connectivity index (χ3v) is 4.20. The molecule has 0 N–H and O–H groups in total. The van der Waals surface area contributed by atoms with E-state index in [4.69, 9.17) is 4.42 Å². The van der Waals surface area contributed by atoms with E-state index in [1.54, 1.807) is 6.26 Å². The Kier molecular flexibility index (Phi) is 3.60. The number of aromatic nitrogens is 1. The molecule has 3 heteroatoms. The summed E-state index contributed by atoms with van der Waals surface area (Å²) in [6.45, 7) is 5.38. The number of hydrogen-bond acceptors (Lipinski definition) is 2. The molecule has 0 fully saturated rings. The van der Waals surface area contributed by atoms with Gasteiger partial charge < -0.3 is 8.98 Å². The van der Waals surface area contributed by atoms with Crippen molar-refractivity contribution in [2.45, 2.75) is 26.4 Å². The Hall–Kier alpha value is -2.00. The molecule has 3 aromatic rings. The van der Waals surface area contributed by atoms with Gasteiger partial charge in [0.05, 0.1) is 12.3 Å². The summed E-state index contributed by atoms with van der Waals surface area (Å²) in [5.74, 6) is 0.988. The summed E-state index contributed by atoms with van der Waals surface area (Å²) in [5.41, 5.74) is 3.95. The second-order valence-corrected chi connectivity index (χ2v) is 5.64. The van der Waals surface area contributed by atoms with Crippen molar-refractivity contribution >= 4 is 10.9 Å². The third-order valence-electron chi connectivity index (χ3n) is 4.20. The highest BCUT2D eigenvalue weighted by molar-refractivity contribution is 5.86. The zero-order valence-corrected chi connectivity index (χ0v) is 13.1. The van der Waals surface area contributed by atoms with Crippen LogP contribution >= 0.6 is 0 Å². The molecule has 2 heterocycles. The quantitative estimate of drug-likeness (QED) is 0.714. The number of aryl methyl sites for hydroxylation is 1. The minimum absolute atomic E-state index is 0.137. The van der Waals surface area contributed by atoms with Crippen LogP contribution < -0.4 is 0 Å². The van der Waals surface area contributed by atoms with E-state index in [-0.39, 0.29) is 6.04 Å². The fourth-order valence-electron chi connectivity index (χ4n) is 3.31. The Morgan fingerprint density at radius 1 is 1.14 bits per heavy atom. The van der Waals surface area contributed by atoms with Gasteiger partial charge in [0.25, 0.3) is 0 Å². The van der Waals surface area contributed by atoms with Gasteiger partial charge in [0.15, 0.2) is 0 Å². The average Bonchev–Trinajstić information content (AvgIpc) is 3.07. The van der Waals surface area contributed by atoms with Crippen molar-refractivity contribution in [3.8, 4) is 0 Å². The van der Waals surface area contributed by atoms with Crippen LogP contribution in [0.4, 0.5) is 0 Å². The summed E-state index contributed by atoms with van der Waals surface area (Å²) < 4.78 is 8.09. The number of furan rings is 1. The molecule has 2 aromatic heterocycles. The van der Waals surface area contributed by atoms with Gasteiger partial charge in [-0.25, -0.2) is 0 Å². The van der Waals surface area contributed by atoms with Crippen molar-refractivity contribution in [2.75, 3.05) is 14.1 Å². The van der Waals surface area contributed by atoms with Crippen molar-refractivity contribution in [2.24, 2.45) is 0 Å². The normalized spacial score (nSPS) is 13.2. The fourth-order valence-corrected chi connectivity index (χ4v) is 3.31. The molecule has 1 unspecified atom stereocenters. The molecule has 0 amide bonds. The molecule has 0 bridgehead atoms. The fraction of sp³-hybridized carbons (Fsp3) is 0.333. The van der Waals surface area contributed by atoms with E-state index in [0.29, 0.717) is 0 Å². The molecule has 0 radical (unpaired) electrons. The Morgan fingerprint density at radius 3 is 2.52 bits per heavy atom. The van der Waals surface area contributed by atoms with Gasteiger partial charge in [-0.3, -0.25) is 4.90 Å². The summed E-state index contributed by atoms with van der Waals surface area (Å²) in [4.78, 5) is 2.22. The van der Waals surface area contributed by atoms with Gasteiger partial charge >= 0.3 is 0 Å². The van der Waals surface area contributed by atoms with Crippen LogP contribution in [0.25, 0.3) is 10.9 Å². The lowest BCUT2D eigenvalue weighted by molar-refractivity contribution is 0.297. The molecular weight excluding hydrogens is 260 g/mol. The van der Waals surface area contributed by atoms with Crippen molar-refractivity contribution in [1.29, 1.82) is 0 Å². The zero-order chi connectivity index (χ0) is 15.0. The lowest BCUT2D eigenvalue weighted by atomic mass is 10.00. The van der Waals surface area contributed by atoms with E-state index < -0.39 is 0 Å².